The SMILES string of the molecule is Cc1ccc(-c2cc(C(=O)Nc3c(C(C)C)cccc3C(C)C)c3ccccc3n2)cc1. The van der Waals surface area contributed by atoms with E-state index >= 15 is 0 Å². The first-order valence-corrected chi connectivity index (χ1v) is 11.3. The molecule has 1 heterocycles. The highest BCUT2D eigenvalue weighted by atomic mass is 16.1. The van der Waals surface area contributed by atoms with Crippen LogP contribution < -0.4 is 5.32 Å². The number of aryl methyl sites for hydroxylation is 1. The van der Waals surface area contributed by atoms with Crippen LogP contribution in [0.2, 0.25) is 0 Å². The van der Waals surface area contributed by atoms with Gasteiger partial charge in [0.2, 0.25) is 0 Å². The molecule has 0 saturated heterocycles. The molecule has 0 aliphatic rings. The smallest absolute Gasteiger partial charge is 0.256 e. The average Bonchev–Trinajstić information content (AvgIpc) is 2.78. The lowest BCUT2D eigenvalue weighted by Gasteiger charge is -2.20. The molecule has 1 N–H and O–H groups in total. The molecule has 0 aliphatic carbocycles. The normalized spacial score (nSPS) is 11.3. The second-order valence-corrected chi connectivity index (χ2v) is 9.01. The molecule has 3 heteroatoms. The molecule has 0 aliphatic heterocycles. The maximum Gasteiger partial charge on any atom is 0.256 e. The number of nitrogens with one attached hydrogen (secondary N) is 1. The number of carbonyl (C=O) groups is 1. The van der Waals surface area contributed by atoms with E-state index in [0.717, 1.165) is 39.0 Å². The Bertz CT molecular complexity index is 1240. The van der Waals surface area contributed by atoms with Crippen LogP contribution in [0.5, 0.6) is 0 Å². The minimum Gasteiger partial charge on any atom is -0.321 e. The molecule has 0 saturated carbocycles. The van der Waals surface area contributed by atoms with E-state index in [2.05, 4.69) is 82.4 Å². The van der Waals surface area contributed by atoms with Crippen LogP contribution >= 0.6 is 0 Å². The number of amides is 1. The summed E-state index contributed by atoms with van der Waals surface area (Å²) in [5.74, 6) is 0.509. The van der Waals surface area contributed by atoms with E-state index in [1.807, 2.05) is 30.3 Å². The second-order valence-electron chi connectivity index (χ2n) is 9.01. The van der Waals surface area contributed by atoms with Crippen LogP contribution in [-0.2, 0) is 0 Å². The minimum atomic E-state index is -0.105. The molecular weight excluding hydrogens is 392 g/mol. The predicted octanol–water partition coefficient (Wildman–Crippen LogP) is 7.71. The Balaban J connectivity index is 1.84. The molecule has 0 spiro atoms. The number of pyridine rings is 1. The quantitative estimate of drug-likeness (QED) is 0.358. The highest BCUT2D eigenvalue weighted by Gasteiger charge is 2.19. The first-order chi connectivity index (χ1) is 15.3. The lowest BCUT2D eigenvalue weighted by atomic mass is 9.92. The summed E-state index contributed by atoms with van der Waals surface area (Å²) in [4.78, 5) is 18.5. The fourth-order valence-electron chi connectivity index (χ4n) is 4.11. The van der Waals surface area contributed by atoms with E-state index in [4.69, 9.17) is 4.98 Å². The molecular formula is C29H30N2O. The Kier molecular flexibility index (Phi) is 6.09. The van der Waals surface area contributed by atoms with Gasteiger partial charge in [-0.2, -0.15) is 0 Å². The predicted molar refractivity (Wildman–Crippen MR) is 134 cm³/mol. The Morgan fingerprint density at radius 2 is 1.44 bits per heavy atom. The maximum absolute atomic E-state index is 13.7. The molecule has 0 unspecified atom stereocenters. The van der Waals surface area contributed by atoms with Gasteiger partial charge in [0.05, 0.1) is 16.8 Å². The van der Waals surface area contributed by atoms with Gasteiger partial charge in [-0.05, 0) is 42.0 Å². The van der Waals surface area contributed by atoms with E-state index in [1.165, 1.54) is 5.56 Å². The molecule has 1 amide bonds. The van der Waals surface area contributed by atoms with Gasteiger partial charge < -0.3 is 5.32 Å². The number of para-hydroxylation sites is 2. The minimum absolute atomic E-state index is 0.105. The van der Waals surface area contributed by atoms with Gasteiger partial charge in [-0.3, -0.25) is 4.79 Å². The second kappa shape index (κ2) is 8.96. The summed E-state index contributed by atoms with van der Waals surface area (Å²) in [6.07, 6.45) is 0. The zero-order chi connectivity index (χ0) is 22.8. The first kappa shape index (κ1) is 21.8. The molecule has 3 nitrogen and oxygen atoms in total. The van der Waals surface area contributed by atoms with Crippen molar-refractivity contribution in [1.29, 1.82) is 0 Å². The van der Waals surface area contributed by atoms with Crippen LogP contribution in [0.15, 0.2) is 72.8 Å². The molecule has 4 rings (SSSR count). The largest absolute Gasteiger partial charge is 0.321 e. The van der Waals surface area contributed by atoms with Crippen molar-refractivity contribution in [3.05, 3.63) is 95.1 Å². The number of benzene rings is 3. The van der Waals surface area contributed by atoms with Crippen LogP contribution in [0.25, 0.3) is 22.2 Å². The Hall–Kier alpha value is -3.46. The van der Waals surface area contributed by atoms with E-state index < -0.39 is 0 Å². The summed E-state index contributed by atoms with van der Waals surface area (Å²) in [7, 11) is 0. The maximum atomic E-state index is 13.7. The summed E-state index contributed by atoms with van der Waals surface area (Å²) < 4.78 is 0. The Morgan fingerprint density at radius 3 is 2.06 bits per heavy atom. The van der Waals surface area contributed by atoms with Crippen molar-refractivity contribution < 1.29 is 4.79 Å². The van der Waals surface area contributed by atoms with Crippen LogP contribution in [0.1, 0.15) is 66.6 Å². The zero-order valence-electron chi connectivity index (χ0n) is 19.4. The lowest BCUT2D eigenvalue weighted by Crippen LogP contribution is -2.16. The molecule has 32 heavy (non-hydrogen) atoms. The number of carbonyl (C=O) groups excluding carboxylic acids is 1. The summed E-state index contributed by atoms with van der Waals surface area (Å²) in [6.45, 7) is 10.7. The van der Waals surface area contributed by atoms with Gasteiger partial charge in [0, 0.05) is 16.6 Å². The molecule has 3 aromatic carbocycles. The molecule has 0 atom stereocenters. The number of aromatic nitrogens is 1. The molecule has 0 bridgehead atoms. The number of nitrogens with zero attached hydrogens (tertiary/aromatic N) is 1. The standard InChI is InChI=1S/C29H30N2O/c1-18(2)22-10-8-11-23(19(3)4)28(22)31-29(32)25-17-27(21-15-13-20(5)14-16-21)30-26-12-7-6-9-24(25)26/h6-19H,1-5H3,(H,31,32). The van der Waals surface area contributed by atoms with Gasteiger partial charge in [0.25, 0.3) is 5.91 Å². The van der Waals surface area contributed by atoms with E-state index in [1.54, 1.807) is 0 Å². The fraction of sp³-hybridized carbons (Fsp3) is 0.241. The van der Waals surface area contributed by atoms with Gasteiger partial charge in [-0.1, -0.05) is 93.9 Å². The lowest BCUT2D eigenvalue weighted by molar-refractivity contribution is 0.102. The Morgan fingerprint density at radius 1 is 0.812 bits per heavy atom. The molecule has 0 radical (unpaired) electrons. The number of anilines is 1. The van der Waals surface area contributed by atoms with Gasteiger partial charge in [0.15, 0.2) is 0 Å². The third kappa shape index (κ3) is 4.29. The van der Waals surface area contributed by atoms with E-state index in [9.17, 15) is 4.79 Å². The van der Waals surface area contributed by atoms with Gasteiger partial charge >= 0.3 is 0 Å². The summed E-state index contributed by atoms with van der Waals surface area (Å²) in [5.41, 5.74) is 7.69. The van der Waals surface area contributed by atoms with Gasteiger partial charge in [-0.25, -0.2) is 4.98 Å². The van der Waals surface area contributed by atoms with Gasteiger partial charge in [-0.15, -0.1) is 0 Å². The van der Waals surface area contributed by atoms with Crippen molar-refractivity contribution in [1.82, 2.24) is 4.98 Å². The molecule has 4 aromatic rings. The van der Waals surface area contributed by atoms with Crippen molar-refractivity contribution in [2.24, 2.45) is 0 Å². The number of fused-ring (bicyclic) bond motifs is 1. The van der Waals surface area contributed by atoms with Crippen LogP contribution in [0.3, 0.4) is 0 Å². The third-order valence-electron chi connectivity index (χ3n) is 5.92. The molecule has 0 fully saturated rings. The van der Waals surface area contributed by atoms with Crippen molar-refractivity contribution in [3.63, 3.8) is 0 Å². The van der Waals surface area contributed by atoms with Crippen molar-refractivity contribution in [2.45, 2.75) is 46.5 Å². The number of rotatable bonds is 5. The molecule has 1 aromatic heterocycles. The van der Waals surface area contributed by atoms with Crippen LogP contribution in [0.4, 0.5) is 5.69 Å². The topological polar surface area (TPSA) is 42.0 Å². The average molecular weight is 423 g/mol. The van der Waals surface area contributed by atoms with Crippen LogP contribution in [-0.4, -0.2) is 10.9 Å². The zero-order valence-corrected chi connectivity index (χ0v) is 19.4. The monoisotopic (exact) mass is 422 g/mol. The summed E-state index contributed by atoms with van der Waals surface area (Å²) in [6, 6.07) is 24.3. The summed E-state index contributed by atoms with van der Waals surface area (Å²) in [5, 5.41) is 4.13. The van der Waals surface area contributed by atoms with E-state index in [-0.39, 0.29) is 5.91 Å². The Labute approximate surface area is 190 Å². The highest BCUT2D eigenvalue weighted by Crippen LogP contribution is 2.33. The van der Waals surface area contributed by atoms with Gasteiger partial charge in [0.1, 0.15) is 0 Å². The number of hydrogen-bond donors (Lipinski definition) is 1. The number of hydrogen-bond acceptors (Lipinski definition) is 2. The fourth-order valence-corrected chi connectivity index (χ4v) is 4.11. The van der Waals surface area contributed by atoms with Crippen molar-refractivity contribution >= 4 is 22.5 Å². The third-order valence-corrected chi connectivity index (χ3v) is 5.92. The summed E-state index contributed by atoms with van der Waals surface area (Å²) >= 11 is 0. The van der Waals surface area contributed by atoms with Crippen molar-refractivity contribution in [3.8, 4) is 11.3 Å². The molecule has 162 valence electrons. The van der Waals surface area contributed by atoms with Crippen LogP contribution in [0, 0.1) is 6.92 Å². The highest BCUT2D eigenvalue weighted by molar-refractivity contribution is 6.13. The first-order valence-electron chi connectivity index (χ1n) is 11.3. The van der Waals surface area contributed by atoms with Crippen molar-refractivity contribution in [2.75, 3.05) is 5.32 Å². The van der Waals surface area contributed by atoms with E-state index in [0.29, 0.717) is 17.4 Å².